The molecule has 2 nitrogen and oxygen atoms in total. The van der Waals surface area contributed by atoms with Crippen molar-refractivity contribution >= 4 is 15.9 Å². The van der Waals surface area contributed by atoms with Crippen LogP contribution in [0.1, 0.15) is 12.0 Å². The molecule has 0 radical (unpaired) electrons. The van der Waals surface area contributed by atoms with Crippen LogP contribution in [0.25, 0.3) is 0 Å². The summed E-state index contributed by atoms with van der Waals surface area (Å²) in [5.74, 6) is 3.09. The van der Waals surface area contributed by atoms with Crippen LogP contribution in [0.5, 0.6) is 0 Å². The Balaban J connectivity index is 1.65. The molecular formula is C17H17BrO2. The first-order valence-corrected chi connectivity index (χ1v) is 8.67. The van der Waals surface area contributed by atoms with Crippen LogP contribution in [0.3, 0.4) is 0 Å². The summed E-state index contributed by atoms with van der Waals surface area (Å²) in [5, 5.41) is 23.0. The average molecular weight is 333 g/mol. The quantitative estimate of drug-likeness (QED) is 0.773. The second kappa shape index (κ2) is 2.90. The van der Waals surface area contributed by atoms with Crippen molar-refractivity contribution in [3.05, 3.63) is 35.9 Å². The van der Waals surface area contributed by atoms with E-state index in [1.165, 1.54) is 6.42 Å². The van der Waals surface area contributed by atoms with Gasteiger partial charge in [-0.25, -0.2) is 0 Å². The molecule has 0 aromatic heterocycles. The minimum absolute atomic E-state index is 0.0468. The third-order valence-electron chi connectivity index (χ3n) is 7.70. The van der Waals surface area contributed by atoms with Crippen LogP contribution >= 0.6 is 15.9 Å². The van der Waals surface area contributed by atoms with Gasteiger partial charge in [-0.1, -0.05) is 46.3 Å². The lowest BCUT2D eigenvalue weighted by molar-refractivity contribution is -0.0777. The highest BCUT2D eigenvalue weighted by Crippen LogP contribution is 2.88. The Hall–Kier alpha value is -0.380. The number of halogens is 1. The first-order valence-electron chi connectivity index (χ1n) is 7.75. The molecule has 0 spiro atoms. The lowest BCUT2D eigenvalue weighted by Crippen LogP contribution is -2.47. The summed E-state index contributed by atoms with van der Waals surface area (Å²) in [6.07, 6.45) is 1.24. The molecule has 1 aromatic rings. The lowest BCUT2D eigenvalue weighted by atomic mass is 9.69. The van der Waals surface area contributed by atoms with E-state index in [9.17, 15) is 10.2 Å². The largest absolute Gasteiger partial charge is 0.388 e. The fraction of sp³-hybridized carbons (Fsp3) is 0.647. The summed E-state index contributed by atoms with van der Waals surface area (Å²) in [7, 11) is 0. The number of hydrogen-bond donors (Lipinski definition) is 2. The van der Waals surface area contributed by atoms with Crippen LogP contribution in [0.4, 0.5) is 0 Å². The summed E-state index contributed by atoms with van der Waals surface area (Å²) >= 11 is 3.81. The highest BCUT2D eigenvalue weighted by molar-refractivity contribution is 9.09. The Morgan fingerprint density at radius 2 is 1.70 bits per heavy atom. The Morgan fingerprint density at radius 1 is 1.00 bits per heavy atom. The molecule has 3 heteroatoms. The van der Waals surface area contributed by atoms with Gasteiger partial charge in [-0.3, -0.25) is 0 Å². The van der Waals surface area contributed by atoms with Crippen LogP contribution in [0.2, 0.25) is 0 Å². The van der Waals surface area contributed by atoms with Gasteiger partial charge in [-0.05, 0) is 41.6 Å². The van der Waals surface area contributed by atoms with E-state index in [4.69, 9.17) is 0 Å². The molecule has 0 aliphatic heterocycles. The standard InChI is InChI=1S/C17H17BrO2/c18-15-11-9-6-8-10(11)14-16(19,7-4-2-1-3-5-7)12(8)13(9)17(14,15)20/h1-5,8-15,19-20H,6H2/t8?,9?,10?,11?,12?,13?,14?,15-,16?,17?/m0/s1. The molecule has 1 aromatic carbocycles. The SMILES string of the molecule is OC1(c2ccccc2)C2C3CC4C5C3C1C(O)(C42)[C@H]5Br. The van der Waals surface area contributed by atoms with Crippen LogP contribution in [0.15, 0.2) is 30.3 Å². The Kier molecular flexibility index (Phi) is 1.63. The Bertz CT molecular complexity index is 631. The van der Waals surface area contributed by atoms with E-state index < -0.39 is 11.2 Å². The van der Waals surface area contributed by atoms with E-state index in [2.05, 4.69) is 28.1 Å². The van der Waals surface area contributed by atoms with Crippen molar-refractivity contribution in [3.63, 3.8) is 0 Å². The van der Waals surface area contributed by atoms with Gasteiger partial charge in [0.25, 0.3) is 0 Å². The summed E-state index contributed by atoms with van der Waals surface area (Å²) in [6.45, 7) is 0. The predicted molar refractivity (Wildman–Crippen MR) is 77.1 cm³/mol. The number of aliphatic hydroxyl groups is 2. The van der Waals surface area contributed by atoms with Crippen molar-refractivity contribution in [3.8, 4) is 0 Å². The predicted octanol–water partition coefficient (Wildman–Crippen LogP) is 2.14. The molecule has 2 N–H and O–H groups in total. The number of alkyl halides is 1. The fourth-order valence-corrected chi connectivity index (χ4v) is 9.06. The maximum Gasteiger partial charge on any atom is 0.0989 e. The van der Waals surface area contributed by atoms with Gasteiger partial charge < -0.3 is 10.2 Å². The molecule has 0 saturated heterocycles. The molecule has 10 atom stereocenters. The molecule has 6 aliphatic carbocycles. The molecule has 9 unspecified atom stereocenters. The van der Waals surface area contributed by atoms with E-state index in [1.807, 2.05) is 18.2 Å². The average Bonchev–Trinajstić information content (AvgIpc) is 3.16. The van der Waals surface area contributed by atoms with Crippen LogP contribution in [-0.4, -0.2) is 20.6 Å². The molecular weight excluding hydrogens is 316 g/mol. The van der Waals surface area contributed by atoms with Crippen molar-refractivity contribution in [1.82, 2.24) is 0 Å². The minimum atomic E-state index is -0.790. The van der Waals surface area contributed by atoms with E-state index in [0.717, 1.165) is 5.56 Å². The van der Waals surface area contributed by atoms with E-state index in [1.54, 1.807) is 0 Å². The van der Waals surface area contributed by atoms with E-state index in [0.29, 0.717) is 29.6 Å². The topological polar surface area (TPSA) is 40.5 Å². The number of hydrogen-bond acceptors (Lipinski definition) is 2. The molecule has 6 fully saturated rings. The molecule has 7 rings (SSSR count). The van der Waals surface area contributed by atoms with E-state index in [-0.39, 0.29) is 16.7 Å². The van der Waals surface area contributed by atoms with Gasteiger partial charge in [0.1, 0.15) is 0 Å². The maximum atomic E-state index is 11.6. The molecule has 6 saturated carbocycles. The van der Waals surface area contributed by atoms with Gasteiger partial charge in [0.15, 0.2) is 0 Å². The van der Waals surface area contributed by atoms with Gasteiger partial charge in [0, 0.05) is 16.7 Å². The van der Waals surface area contributed by atoms with Gasteiger partial charge in [-0.2, -0.15) is 0 Å². The fourth-order valence-electron chi connectivity index (χ4n) is 7.73. The highest BCUT2D eigenvalue weighted by atomic mass is 79.9. The van der Waals surface area contributed by atoms with Crippen LogP contribution < -0.4 is 0 Å². The zero-order valence-corrected chi connectivity index (χ0v) is 12.6. The highest BCUT2D eigenvalue weighted by Gasteiger charge is 2.92. The van der Waals surface area contributed by atoms with Gasteiger partial charge >= 0.3 is 0 Å². The van der Waals surface area contributed by atoms with Crippen molar-refractivity contribution in [2.75, 3.05) is 0 Å². The lowest BCUT2D eigenvalue weighted by Gasteiger charge is -2.38. The van der Waals surface area contributed by atoms with Crippen LogP contribution in [0, 0.1) is 41.4 Å². The maximum absolute atomic E-state index is 11.6. The number of rotatable bonds is 1. The van der Waals surface area contributed by atoms with Gasteiger partial charge in [0.2, 0.25) is 0 Å². The molecule has 20 heavy (non-hydrogen) atoms. The monoisotopic (exact) mass is 332 g/mol. The van der Waals surface area contributed by atoms with Crippen molar-refractivity contribution in [1.29, 1.82) is 0 Å². The van der Waals surface area contributed by atoms with E-state index >= 15 is 0 Å². The first-order chi connectivity index (χ1) is 9.61. The van der Waals surface area contributed by atoms with Crippen molar-refractivity contribution in [2.24, 2.45) is 41.4 Å². The Labute approximate surface area is 126 Å². The molecule has 0 heterocycles. The second-order valence-electron chi connectivity index (χ2n) is 7.73. The van der Waals surface area contributed by atoms with Gasteiger partial charge in [0.05, 0.1) is 11.2 Å². The molecule has 104 valence electrons. The zero-order chi connectivity index (χ0) is 13.4. The van der Waals surface area contributed by atoms with Crippen LogP contribution in [-0.2, 0) is 5.60 Å². The summed E-state index contributed by atoms with van der Waals surface area (Å²) in [5.41, 5.74) is -0.420. The molecule has 6 aliphatic rings. The smallest absolute Gasteiger partial charge is 0.0989 e. The van der Waals surface area contributed by atoms with Gasteiger partial charge in [-0.15, -0.1) is 0 Å². The summed E-state index contributed by atoms with van der Waals surface area (Å²) < 4.78 is 0. The molecule has 6 bridgehead atoms. The number of benzene rings is 1. The third kappa shape index (κ3) is 0.768. The van der Waals surface area contributed by atoms with Crippen molar-refractivity contribution < 1.29 is 10.2 Å². The minimum Gasteiger partial charge on any atom is -0.388 e. The van der Waals surface area contributed by atoms with Crippen molar-refractivity contribution in [2.45, 2.75) is 22.5 Å². The Morgan fingerprint density at radius 3 is 2.40 bits per heavy atom. The summed E-state index contributed by atoms with van der Waals surface area (Å²) in [4.78, 5) is 0.202. The first kappa shape index (κ1) is 11.2. The zero-order valence-electron chi connectivity index (χ0n) is 11.0. The summed E-state index contributed by atoms with van der Waals surface area (Å²) in [6, 6.07) is 10.1. The third-order valence-corrected chi connectivity index (χ3v) is 9.05. The molecule has 0 amide bonds. The second-order valence-corrected chi connectivity index (χ2v) is 8.71. The normalized spacial score (nSPS) is 67.0.